The molecule has 13 rings (SSSR count). The van der Waals surface area contributed by atoms with Crippen molar-refractivity contribution in [1.29, 1.82) is 0 Å². The SMILES string of the molecule is c1ccc(N(c2ccc(-c3ccc4cc(N(c5ccccc5)c5ccc(-c6nc7cc8ccccc8cc7o6)cc5)ccc4c3)cc2)c2ccc(-c3nc4cc5ccccc5cc4o3)cc2)cc1. The van der Waals surface area contributed by atoms with Gasteiger partial charge in [0.1, 0.15) is 11.0 Å². The lowest BCUT2D eigenvalue weighted by atomic mass is 10.00. The Morgan fingerprint density at radius 3 is 1.07 bits per heavy atom. The Morgan fingerprint density at radius 1 is 0.250 bits per heavy atom. The number of anilines is 6. The first-order valence-electron chi connectivity index (χ1n) is 22.8. The van der Waals surface area contributed by atoms with Gasteiger partial charge >= 0.3 is 0 Å². The molecule has 0 spiro atoms. The molecule has 6 heteroatoms. The maximum absolute atomic E-state index is 6.28. The Balaban J connectivity index is 0.777. The number of aromatic nitrogens is 2. The van der Waals surface area contributed by atoms with Gasteiger partial charge in [0.15, 0.2) is 11.2 Å². The van der Waals surface area contributed by atoms with Crippen molar-refractivity contribution >= 4 is 88.6 Å². The average molecular weight is 873 g/mol. The van der Waals surface area contributed by atoms with Gasteiger partial charge in [-0.2, -0.15) is 0 Å². The summed E-state index contributed by atoms with van der Waals surface area (Å²) in [5.74, 6) is 1.21. The number of benzene rings is 11. The summed E-state index contributed by atoms with van der Waals surface area (Å²) in [5.41, 5.74) is 13.8. The molecule has 0 aliphatic heterocycles. The third-order valence-corrected chi connectivity index (χ3v) is 12.8. The quantitative estimate of drug-likeness (QED) is 0.144. The number of rotatable bonds is 9. The minimum Gasteiger partial charge on any atom is -0.436 e. The second-order valence-electron chi connectivity index (χ2n) is 17.1. The maximum Gasteiger partial charge on any atom is 0.227 e. The van der Waals surface area contributed by atoms with E-state index in [0.717, 1.165) is 106 Å². The van der Waals surface area contributed by atoms with Crippen LogP contribution in [0, 0.1) is 0 Å². The molecule has 0 saturated heterocycles. The molecule has 0 radical (unpaired) electrons. The highest BCUT2D eigenvalue weighted by molar-refractivity contribution is 5.97. The van der Waals surface area contributed by atoms with Crippen molar-refractivity contribution in [3.05, 3.63) is 243 Å². The number of fused-ring (bicyclic) bond motifs is 5. The molecule has 0 amide bonds. The fourth-order valence-electron chi connectivity index (χ4n) is 9.38. The fourth-order valence-corrected chi connectivity index (χ4v) is 9.38. The van der Waals surface area contributed by atoms with Gasteiger partial charge in [-0.25, -0.2) is 9.97 Å². The molecule has 0 bridgehead atoms. The van der Waals surface area contributed by atoms with Crippen LogP contribution in [0.1, 0.15) is 0 Å². The van der Waals surface area contributed by atoms with E-state index < -0.39 is 0 Å². The van der Waals surface area contributed by atoms with E-state index in [1.54, 1.807) is 0 Å². The molecule has 6 nitrogen and oxygen atoms in total. The molecular weight excluding hydrogens is 833 g/mol. The Hall–Kier alpha value is -9.26. The monoisotopic (exact) mass is 872 g/mol. The summed E-state index contributed by atoms with van der Waals surface area (Å²) in [5, 5.41) is 6.89. The fraction of sp³-hybridized carbons (Fsp3) is 0. The lowest BCUT2D eigenvalue weighted by Crippen LogP contribution is -2.09. The summed E-state index contributed by atoms with van der Waals surface area (Å²) >= 11 is 0. The molecule has 0 fully saturated rings. The van der Waals surface area contributed by atoms with E-state index in [0.29, 0.717) is 11.8 Å². The smallest absolute Gasteiger partial charge is 0.227 e. The molecule has 0 atom stereocenters. The van der Waals surface area contributed by atoms with Gasteiger partial charge in [0, 0.05) is 45.3 Å². The normalized spacial score (nSPS) is 11.5. The van der Waals surface area contributed by atoms with E-state index >= 15 is 0 Å². The molecule has 68 heavy (non-hydrogen) atoms. The van der Waals surface area contributed by atoms with Crippen molar-refractivity contribution in [3.8, 4) is 34.0 Å². The summed E-state index contributed by atoms with van der Waals surface area (Å²) in [6.45, 7) is 0. The second-order valence-corrected chi connectivity index (χ2v) is 17.1. The molecule has 13 aromatic rings. The van der Waals surface area contributed by atoms with E-state index in [1.165, 1.54) is 5.39 Å². The summed E-state index contributed by atoms with van der Waals surface area (Å²) in [6, 6.07) is 85.0. The van der Waals surface area contributed by atoms with Crippen LogP contribution in [-0.4, -0.2) is 9.97 Å². The maximum atomic E-state index is 6.28. The Bertz CT molecular complexity index is 3850. The number of nitrogens with zero attached hydrogens (tertiary/aromatic N) is 4. The van der Waals surface area contributed by atoms with E-state index in [-0.39, 0.29) is 0 Å². The van der Waals surface area contributed by atoms with E-state index in [2.05, 4.69) is 222 Å². The van der Waals surface area contributed by atoms with Gasteiger partial charge in [-0.3, -0.25) is 0 Å². The minimum absolute atomic E-state index is 0.607. The zero-order valence-electron chi connectivity index (χ0n) is 36.7. The summed E-state index contributed by atoms with van der Waals surface area (Å²) < 4.78 is 12.5. The van der Waals surface area contributed by atoms with Gasteiger partial charge in [-0.1, -0.05) is 115 Å². The molecule has 0 saturated carbocycles. The molecule has 0 unspecified atom stereocenters. The molecule has 0 N–H and O–H groups in total. The van der Waals surface area contributed by atoms with Gasteiger partial charge in [0.2, 0.25) is 11.8 Å². The van der Waals surface area contributed by atoms with Crippen LogP contribution in [0.5, 0.6) is 0 Å². The highest BCUT2D eigenvalue weighted by Crippen LogP contribution is 2.40. The summed E-state index contributed by atoms with van der Waals surface area (Å²) in [6.07, 6.45) is 0. The van der Waals surface area contributed by atoms with E-state index in [4.69, 9.17) is 18.8 Å². The second kappa shape index (κ2) is 16.3. The Kier molecular flexibility index (Phi) is 9.39. The highest BCUT2D eigenvalue weighted by atomic mass is 16.4. The van der Waals surface area contributed by atoms with Gasteiger partial charge in [-0.15, -0.1) is 0 Å². The van der Waals surface area contributed by atoms with Crippen molar-refractivity contribution in [2.24, 2.45) is 0 Å². The molecular formula is C62H40N4O2. The standard InChI is InChI=1S/C62H40N4O2/c1-3-15-51(16-4-1)65(54-30-23-42(24-31-54)61-63-57-37-44-11-7-9-13-46(44)39-59(57)67-61)53-28-21-41(22-29-53)48-19-20-50-36-56(34-27-49(50)35-48)66(52-17-5-2-6-18-52)55-32-25-43(26-33-55)62-64-58-38-45-12-8-10-14-47(45)40-60(58)68-62/h1-40H. The summed E-state index contributed by atoms with van der Waals surface area (Å²) in [4.78, 5) is 14.3. The Labute approximate surface area is 392 Å². The van der Waals surface area contributed by atoms with Crippen LogP contribution in [0.4, 0.5) is 34.1 Å². The van der Waals surface area contributed by atoms with E-state index in [9.17, 15) is 0 Å². The van der Waals surface area contributed by atoms with Crippen LogP contribution < -0.4 is 9.80 Å². The van der Waals surface area contributed by atoms with Crippen molar-refractivity contribution < 1.29 is 8.83 Å². The molecule has 0 aliphatic carbocycles. The van der Waals surface area contributed by atoms with Crippen LogP contribution in [0.3, 0.4) is 0 Å². The first-order valence-corrected chi connectivity index (χ1v) is 22.8. The number of hydrogen-bond donors (Lipinski definition) is 0. The number of para-hydroxylation sites is 2. The highest BCUT2D eigenvalue weighted by Gasteiger charge is 2.18. The predicted molar refractivity (Wildman–Crippen MR) is 280 cm³/mol. The first kappa shape index (κ1) is 39.1. The van der Waals surface area contributed by atoms with Gasteiger partial charge in [0.25, 0.3) is 0 Å². The largest absolute Gasteiger partial charge is 0.436 e. The lowest BCUT2D eigenvalue weighted by molar-refractivity contribution is 0.620. The van der Waals surface area contributed by atoms with Crippen LogP contribution >= 0.6 is 0 Å². The van der Waals surface area contributed by atoms with Crippen molar-refractivity contribution in [1.82, 2.24) is 9.97 Å². The van der Waals surface area contributed by atoms with E-state index in [1.807, 2.05) is 30.3 Å². The third kappa shape index (κ3) is 7.18. The Morgan fingerprint density at radius 2 is 0.588 bits per heavy atom. The average Bonchev–Trinajstić information content (AvgIpc) is 4.02. The third-order valence-electron chi connectivity index (χ3n) is 12.8. The van der Waals surface area contributed by atoms with Crippen LogP contribution in [0.15, 0.2) is 251 Å². The zero-order valence-corrected chi connectivity index (χ0v) is 36.7. The van der Waals surface area contributed by atoms with Gasteiger partial charge in [0.05, 0.1) is 0 Å². The predicted octanol–water partition coefficient (Wildman–Crippen LogP) is 17.4. The van der Waals surface area contributed by atoms with Crippen molar-refractivity contribution in [3.63, 3.8) is 0 Å². The molecule has 11 aromatic carbocycles. The number of oxazole rings is 2. The molecule has 2 aromatic heterocycles. The van der Waals surface area contributed by atoms with Crippen LogP contribution in [0.2, 0.25) is 0 Å². The minimum atomic E-state index is 0.607. The topological polar surface area (TPSA) is 58.5 Å². The van der Waals surface area contributed by atoms with Crippen LogP contribution in [-0.2, 0) is 0 Å². The molecule has 0 aliphatic rings. The van der Waals surface area contributed by atoms with Crippen molar-refractivity contribution in [2.75, 3.05) is 9.80 Å². The van der Waals surface area contributed by atoms with Gasteiger partial charge in [-0.05, 0) is 171 Å². The first-order chi connectivity index (χ1) is 33.6. The van der Waals surface area contributed by atoms with Gasteiger partial charge < -0.3 is 18.6 Å². The molecule has 2 heterocycles. The summed E-state index contributed by atoms with van der Waals surface area (Å²) in [7, 11) is 0. The number of hydrogen-bond acceptors (Lipinski definition) is 6. The lowest BCUT2D eigenvalue weighted by Gasteiger charge is -2.26. The van der Waals surface area contributed by atoms with Crippen molar-refractivity contribution in [2.45, 2.75) is 0 Å². The van der Waals surface area contributed by atoms with Crippen LogP contribution in [0.25, 0.3) is 88.6 Å². The molecule has 320 valence electrons. The zero-order chi connectivity index (χ0) is 45.0.